The van der Waals surface area contributed by atoms with Crippen molar-refractivity contribution in [1.82, 2.24) is 20.8 Å². The van der Waals surface area contributed by atoms with Gasteiger partial charge in [-0.2, -0.15) is 0 Å². The average Bonchev–Trinajstić information content (AvgIpc) is 3.25. The number of nitrogens with one attached hydrogen (secondary N) is 3. The summed E-state index contributed by atoms with van der Waals surface area (Å²) in [4.78, 5) is 24.2. The Morgan fingerprint density at radius 3 is 2.66 bits per heavy atom. The Morgan fingerprint density at radius 2 is 1.91 bits per heavy atom. The molecule has 3 rings (SSSR count). The van der Waals surface area contributed by atoms with Gasteiger partial charge in [0.2, 0.25) is 11.0 Å². The first-order chi connectivity index (χ1) is 15.6. The van der Waals surface area contributed by atoms with Gasteiger partial charge in [-0.15, -0.1) is 10.2 Å². The van der Waals surface area contributed by atoms with Gasteiger partial charge in [0.1, 0.15) is 0 Å². The Bertz CT molecular complexity index is 902. The van der Waals surface area contributed by atoms with Crippen LogP contribution in [-0.4, -0.2) is 54.7 Å². The van der Waals surface area contributed by atoms with Crippen molar-refractivity contribution in [3.8, 4) is 11.5 Å². The molecule has 1 saturated carbocycles. The van der Waals surface area contributed by atoms with Crippen molar-refractivity contribution >= 4 is 40.2 Å². The zero-order valence-corrected chi connectivity index (χ0v) is 19.9. The standard InChI is InChI=1S/C21H29N5O4S2/c1-29-16-9-8-14(12-17(16)30-2)10-11-22-18(27)13-31-21-26-25-20(32-21)24-19(28)23-15-6-4-3-5-7-15/h8-9,12,15H,3-7,10-11,13H2,1-2H3,(H,22,27)(H2,23,24,25,28). The van der Waals surface area contributed by atoms with Crippen LogP contribution in [0.25, 0.3) is 0 Å². The van der Waals surface area contributed by atoms with E-state index in [1.54, 1.807) is 14.2 Å². The van der Waals surface area contributed by atoms with Crippen LogP contribution in [0.3, 0.4) is 0 Å². The van der Waals surface area contributed by atoms with Gasteiger partial charge >= 0.3 is 6.03 Å². The molecule has 1 heterocycles. The number of carbonyl (C=O) groups is 2. The molecule has 0 atom stereocenters. The smallest absolute Gasteiger partial charge is 0.321 e. The predicted molar refractivity (Wildman–Crippen MR) is 126 cm³/mol. The molecule has 9 nitrogen and oxygen atoms in total. The zero-order chi connectivity index (χ0) is 22.8. The number of urea groups is 1. The molecule has 1 aliphatic rings. The minimum Gasteiger partial charge on any atom is -0.493 e. The maximum absolute atomic E-state index is 12.1. The molecule has 0 saturated heterocycles. The van der Waals surface area contributed by atoms with Gasteiger partial charge in [0.25, 0.3) is 0 Å². The number of thioether (sulfide) groups is 1. The summed E-state index contributed by atoms with van der Waals surface area (Å²) in [5.41, 5.74) is 1.04. The molecule has 3 N–H and O–H groups in total. The number of hydrogen-bond acceptors (Lipinski definition) is 8. The van der Waals surface area contributed by atoms with Crippen LogP contribution in [0.1, 0.15) is 37.7 Å². The number of benzene rings is 1. The normalized spacial score (nSPS) is 13.9. The highest BCUT2D eigenvalue weighted by molar-refractivity contribution is 8.01. The van der Waals surface area contributed by atoms with Crippen LogP contribution in [-0.2, 0) is 11.2 Å². The fourth-order valence-electron chi connectivity index (χ4n) is 3.44. The number of anilines is 1. The molecule has 0 radical (unpaired) electrons. The fraction of sp³-hybridized carbons (Fsp3) is 0.524. The Hall–Kier alpha value is -2.53. The van der Waals surface area contributed by atoms with E-state index in [2.05, 4.69) is 26.1 Å². The number of nitrogens with zero attached hydrogens (tertiary/aromatic N) is 2. The molecule has 1 aromatic carbocycles. The van der Waals surface area contributed by atoms with Crippen LogP contribution < -0.4 is 25.4 Å². The van der Waals surface area contributed by atoms with Crippen molar-refractivity contribution in [2.24, 2.45) is 0 Å². The van der Waals surface area contributed by atoms with Gasteiger partial charge < -0.3 is 20.1 Å². The third-order valence-corrected chi connectivity index (χ3v) is 7.05. The van der Waals surface area contributed by atoms with Gasteiger partial charge in [0.05, 0.1) is 20.0 Å². The van der Waals surface area contributed by atoms with Gasteiger partial charge in [0, 0.05) is 12.6 Å². The number of ether oxygens (including phenoxy) is 2. The molecule has 0 spiro atoms. The van der Waals surface area contributed by atoms with Crippen LogP contribution in [0, 0.1) is 0 Å². The fourth-order valence-corrected chi connectivity index (χ4v) is 5.02. The first-order valence-corrected chi connectivity index (χ1v) is 12.4. The van der Waals surface area contributed by atoms with Crippen molar-refractivity contribution in [3.63, 3.8) is 0 Å². The Morgan fingerprint density at radius 1 is 1.12 bits per heavy atom. The third-order valence-electron chi connectivity index (χ3n) is 5.08. The largest absolute Gasteiger partial charge is 0.493 e. The van der Waals surface area contributed by atoms with E-state index >= 15 is 0 Å². The van der Waals surface area contributed by atoms with Gasteiger partial charge in [-0.1, -0.05) is 48.4 Å². The first-order valence-electron chi connectivity index (χ1n) is 10.6. The number of aromatic nitrogens is 2. The molecule has 11 heteroatoms. The quantitative estimate of drug-likeness (QED) is 0.353. The topological polar surface area (TPSA) is 114 Å². The van der Waals surface area contributed by atoms with Crippen LogP contribution in [0.2, 0.25) is 0 Å². The second-order valence-electron chi connectivity index (χ2n) is 7.38. The van der Waals surface area contributed by atoms with Gasteiger partial charge in [-0.3, -0.25) is 10.1 Å². The van der Waals surface area contributed by atoms with E-state index in [-0.39, 0.29) is 23.7 Å². The van der Waals surface area contributed by atoms with E-state index in [0.29, 0.717) is 33.9 Å². The second-order valence-corrected chi connectivity index (χ2v) is 9.58. The summed E-state index contributed by atoms with van der Waals surface area (Å²) in [6, 6.07) is 5.68. The van der Waals surface area contributed by atoms with Crippen LogP contribution in [0.5, 0.6) is 11.5 Å². The SMILES string of the molecule is COc1ccc(CCNC(=O)CSc2nnc(NC(=O)NC3CCCCC3)s2)cc1OC. The third kappa shape index (κ3) is 7.56. The maximum Gasteiger partial charge on any atom is 0.321 e. The number of amides is 3. The average molecular weight is 480 g/mol. The minimum absolute atomic E-state index is 0.0878. The summed E-state index contributed by atoms with van der Waals surface area (Å²) in [6.07, 6.45) is 6.26. The molecule has 0 bridgehead atoms. The molecule has 1 aliphatic carbocycles. The Balaban J connectivity index is 1.35. The number of methoxy groups -OCH3 is 2. The molecule has 1 aromatic heterocycles. The minimum atomic E-state index is -0.252. The predicted octanol–water partition coefficient (Wildman–Crippen LogP) is 3.46. The molecule has 0 aliphatic heterocycles. The lowest BCUT2D eigenvalue weighted by atomic mass is 9.96. The highest BCUT2D eigenvalue weighted by atomic mass is 32.2. The molecule has 0 unspecified atom stereocenters. The van der Waals surface area contributed by atoms with Crippen LogP contribution in [0.15, 0.2) is 22.5 Å². The van der Waals surface area contributed by atoms with E-state index in [1.165, 1.54) is 29.5 Å². The summed E-state index contributed by atoms with van der Waals surface area (Å²) in [6.45, 7) is 0.513. The van der Waals surface area contributed by atoms with Gasteiger partial charge in [-0.25, -0.2) is 4.79 Å². The summed E-state index contributed by atoms with van der Waals surface area (Å²) in [5.74, 6) is 1.48. The molecular formula is C21H29N5O4S2. The summed E-state index contributed by atoms with van der Waals surface area (Å²) in [5, 5.41) is 17.0. The highest BCUT2D eigenvalue weighted by Gasteiger charge is 2.17. The molecule has 32 heavy (non-hydrogen) atoms. The van der Waals surface area contributed by atoms with Gasteiger partial charge in [0.15, 0.2) is 15.8 Å². The second kappa shape index (κ2) is 12.5. The summed E-state index contributed by atoms with van der Waals surface area (Å²) < 4.78 is 11.2. The number of carbonyl (C=O) groups excluding carboxylic acids is 2. The van der Waals surface area contributed by atoms with E-state index in [1.807, 2.05) is 18.2 Å². The molecule has 1 fully saturated rings. The van der Waals surface area contributed by atoms with E-state index in [9.17, 15) is 9.59 Å². The van der Waals surface area contributed by atoms with Crippen molar-refractivity contribution in [1.29, 1.82) is 0 Å². The molecular weight excluding hydrogens is 450 g/mol. The highest BCUT2D eigenvalue weighted by Crippen LogP contribution is 2.28. The van der Waals surface area contributed by atoms with E-state index < -0.39 is 0 Å². The summed E-state index contributed by atoms with van der Waals surface area (Å²) >= 11 is 2.55. The number of rotatable bonds is 10. The Labute approximate surface area is 196 Å². The summed E-state index contributed by atoms with van der Waals surface area (Å²) in [7, 11) is 3.19. The van der Waals surface area contributed by atoms with Gasteiger partial charge in [-0.05, 0) is 37.0 Å². The molecule has 2 aromatic rings. The molecule has 3 amide bonds. The molecule has 174 valence electrons. The van der Waals surface area contributed by atoms with Crippen molar-refractivity contribution in [2.45, 2.75) is 48.9 Å². The number of hydrogen-bond donors (Lipinski definition) is 3. The maximum atomic E-state index is 12.1. The van der Waals surface area contributed by atoms with Crippen molar-refractivity contribution in [2.75, 3.05) is 31.8 Å². The monoisotopic (exact) mass is 479 g/mol. The van der Waals surface area contributed by atoms with E-state index in [4.69, 9.17) is 9.47 Å². The van der Waals surface area contributed by atoms with Crippen LogP contribution in [0.4, 0.5) is 9.93 Å². The lowest BCUT2D eigenvalue weighted by Crippen LogP contribution is -2.38. The zero-order valence-electron chi connectivity index (χ0n) is 18.3. The van der Waals surface area contributed by atoms with Crippen molar-refractivity contribution in [3.05, 3.63) is 23.8 Å². The lowest BCUT2D eigenvalue weighted by Gasteiger charge is -2.22. The van der Waals surface area contributed by atoms with Crippen molar-refractivity contribution < 1.29 is 19.1 Å². The van der Waals surface area contributed by atoms with E-state index in [0.717, 1.165) is 31.2 Å². The Kier molecular flexibility index (Phi) is 9.42. The lowest BCUT2D eigenvalue weighted by molar-refractivity contribution is -0.118. The van der Waals surface area contributed by atoms with Crippen LogP contribution >= 0.6 is 23.1 Å². The first kappa shape index (κ1) is 24.1.